The number of rotatable bonds is 4. The Kier molecular flexibility index (Phi) is 3.79. The van der Waals surface area contributed by atoms with Gasteiger partial charge in [0, 0.05) is 17.3 Å². The Morgan fingerprint density at radius 1 is 1.38 bits per heavy atom. The highest BCUT2D eigenvalue weighted by atomic mass is 19.1. The maximum Gasteiger partial charge on any atom is 0.354 e. The zero-order valence-electron chi connectivity index (χ0n) is 10.8. The fraction of sp³-hybridized carbons (Fsp3) is 0.0769. The quantitative estimate of drug-likeness (QED) is 0.662. The molecule has 0 amide bonds. The second-order valence-corrected chi connectivity index (χ2v) is 4.16. The van der Waals surface area contributed by atoms with E-state index in [1.165, 1.54) is 25.1 Å². The van der Waals surface area contributed by atoms with Gasteiger partial charge in [0.15, 0.2) is 5.69 Å². The maximum absolute atomic E-state index is 13.5. The van der Waals surface area contributed by atoms with Crippen molar-refractivity contribution in [1.29, 1.82) is 0 Å². The van der Waals surface area contributed by atoms with Gasteiger partial charge in [-0.05, 0) is 25.1 Å². The van der Waals surface area contributed by atoms with E-state index >= 15 is 0 Å². The van der Waals surface area contributed by atoms with Crippen molar-refractivity contribution in [2.45, 2.75) is 6.92 Å². The van der Waals surface area contributed by atoms with Crippen LogP contribution in [-0.4, -0.2) is 21.0 Å². The van der Waals surface area contributed by atoms with E-state index < -0.39 is 22.4 Å². The molecule has 21 heavy (non-hydrogen) atoms. The number of halogens is 1. The van der Waals surface area contributed by atoms with Crippen molar-refractivity contribution in [3.8, 4) is 0 Å². The van der Waals surface area contributed by atoms with Crippen LogP contribution in [0.15, 0.2) is 30.3 Å². The Morgan fingerprint density at radius 2 is 2.10 bits per heavy atom. The summed E-state index contributed by atoms with van der Waals surface area (Å²) in [6.07, 6.45) is 0. The van der Waals surface area contributed by atoms with Crippen LogP contribution in [0.4, 0.5) is 21.6 Å². The first-order valence-corrected chi connectivity index (χ1v) is 5.81. The van der Waals surface area contributed by atoms with Crippen molar-refractivity contribution in [1.82, 2.24) is 4.98 Å². The molecule has 1 heterocycles. The first kappa shape index (κ1) is 14.4. The Bertz CT molecular complexity index is 733. The summed E-state index contributed by atoms with van der Waals surface area (Å²) < 4.78 is 13.5. The minimum absolute atomic E-state index is 0.245. The number of aromatic carboxylic acids is 1. The number of nitrogens with one attached hydrogen (secondary N) is 1. The molecule has 0 aliphatic heterocycles. The second-order valence-electron chi connectivity index (χ2n) is 4.16. The highest BCUT2D eigenvalue weighted by Crippen LogP contribution is 2.28. The normalized spacial score (nSPS) is 10.2. The predicted octanol–water partition coefficient (Wildman–Crippen LogP) is 2.88. The largest absolute Gasteiger partial charge is 0.477 e. The van der Waals surface area contributed by atoms with Crippen LogP contribution >= 0.6 is 0 Å². The van der Waals surface area contributed by atoms with Gasteiger partial charge in [0.05, 0.1) is 4.92 Å². The highest BCUT2D eigenvalue weighted by Gasteiger charge is 2.19. The summed E-state index contributed by atoms with van der Waals surface area (Å²) in [5, 5.41) is 22.4. The summed E-state index contributed by atoms with van der Waals surface area (Å²) in [4.78, 5) is 24.8. The topological polar surface area (TPSA) is 105 Å². The molecule has 0 atom stereocenters. The molecule has 0 radical (unpaired) electrons. The monoisotopic (exact) mass is 291 g/mol. The number of benzene rings is 1. The zero-order chi connectivity index (χ0) is 15.6. The van der Waals surface area contributed by atoms with Gasteiger partial charge in [-0.2, -0.15) is 0 Å². The lowest BCUT2D eigenvalue weighted by molar-refractivity contribution is -0.384. The minimum Gasteiger partial charge on any atom is -0.477 e. The summed E-state index contributed by atoms with van der Waals surface area (Å²) in [6, 6.07) is 6.25. The van der Waals surface area contributed by atoms with Crippen LogP contribution in [0.2, 0.25) is 0 Å². The minimum atomic E-state index is -1.32. The SMILES string of the molecule is Cc1c(F)cccc1Nc1nc(C(=O)O)ccc1[N+](=O)[O-]. The zero-order valence-corrected chi connectivity index (χ0v) is 10.8. The van der Waals surface area contributed by atoms with Crippen LogP contribution in [0.1, 0.15) is 16.1 Å². The van der Waals surface area contributed by atoms with Gasteiger partial charge in [0.2, 0.25) is 5.82 Å². The molecule has 108 valence electrons. The molecule has 2 N–H and O–H groups in total. The van der Waals surface area contributed by atoms with Crippen LogP contribution in [0.3, 0.4) is 0 Å². The predicted molar refractivity (Wildman–Crippen MR) is 72.3 cm³/mol. The van der Waals surface area contributed by atoms with E-state index in [2.05, 4.69) is 10.3 Å². The summed E-state index contributed by atoms with van der Waals surface area (Å²) in [6.45, 7) is 1.49. The number of hydrogen-bond donors (Lipinski definition) is 2. The number of pyridine rings is 1. The second kappa shape index (κ2) is 5.53. The van der Waals surface area contributed by atoms with E-state index in [4.69, 9.17) is 5.11 Å². The number of carboxylic acid groups (broad SMARTS) is 1. The number of nitrogens with zero attached hydrogens (tertiary/aromatic N) is 2. The van der Waals surface area contributed by atoms with Crippen LogP contribution < -0.4 is 5.32 Å². The summed E-state index contributed by atoms with van der Waals surface area (Å²) in [5.74, 6) is -2.06. The van der Waals surface area contributed by atoms with Crippen molar-refractivity contribution in [3.05, 3.63) is 57.5 Å². The van der Waals surface area contributed by atoms with Gasteiger partial charge < -0.3 is 10.4 Å². The average Bonchev–Trinajstić information content (AvgIpc) is 2.43. The van der Waals surface area contributed by atoms with Gasteiger partial charge in [-0.25, -0.2) is 14.2 Å². The molecule has 0 aliphatic rings. The van der Waals surface area contributed by atoms with E-state index in [0.29, 0.717) is 0 Å². The summed E-state index contributed by atoms with van der Waals surface area (Å²) in [5.41, 5.74) is -0.233. The molecule has 2 aromatic rings. The molecule has 2 rings (SSSR count). The number of anilines is 2. The lowest BCUT2D eigenvalue weighted by atomic mass is 10.2. The number of nitro groups is 1. The Labute approximate surface area is 118 Å². The molecule has 7 nitrogen and oxygen atoms in total. The van der Waals surface area contributed by atoms with Crippen molar-refractivity contribution in [2.24, 2.45) is 0 Å². The Balaban J connectivity index is 2.51. The van der Waals surface area contributed by atoms with E-state index in [0.717, 1.165) is 12.1 Å². The lowest BCUT2D eigenvalue weighted by Crippen LogP contribution is -2.06. The van der Waals surface area contributed by atoms with Gasteiger partial charge >= 0.3 is 11.7 Å². The van der Waals surface area contributed by atoms with E-state index in [-0.39, 0.29) is 22.8 Å². The molecular formula is C13H10FN3O4. The summed E-state index contributed by atoms with van der Waals surface area (Å²) >= 11 is 0. The number of hydrogen-bond acceptors (Lipinski definition) is 5. The molecule has 0 saturated carbocycles. The van der Waals surface area contributed by atoms with Gasteiger partial charge in [-0.15, -0.1) is 0 Å². The molecule has 0 fully saturated rings. The lowest BCUT2D eigenvalue weighted by Gasteiger charge is -2.10. The molecule has 0 bridgehead atoms. The van der Waals surface area contributed by atoms with Gasteiger partial charge in [0.25, 0.3) is 0 Å². The number of carbonyl (C=O) groups is 1. The average molecular weight is 291 g/mol. The molecule has 0 aliphatic carbocycles. The molecule has 1 aromatic carbocycles. The van der Waals surface area contributed by atoms with E-state index in [9.17, 15) is 19.3 Å². The molecule has 1 aromatic heterocycles. The van der Waals surface area contributed by atoms with E-state index in [1.807, 2.05) is 0 Å². The van der Waals surface area contributed by atoms with Crippen LogP contribution in [0.5, 0.6) is 0 Å². The molecule has 8 heteroatoms. The molecular weight excluding hydrogens is 281 g/mol. The van der Waals surface area contributed by atoms with Crippen molar-refractivity contribution >= 4 is 23.2 Å². The Hall–Kier alpha value is -3.03. The first-order chi connectivity index (χ1) is 9.90. The molecule has 0 saturated heterocycles. The Morgan fingerprint density at radius 3 is 2.71 bits per heavy atom. The van der Waals surface area contributed by atoms with Crippen molar-refractivity contribution in [2.75, 3.05) is 5.32 Å². The standard InChI is InChI=1S/C13H10FN3O4/c1-7-8(14)3-2-4-9(7)15-12-11(17(20)21)6-5-10(16-12)13(18)19/h2-6H,1H3,(H,15,16)(H,18,19). The molecule has 0 unspecified atom stereocenters. The number of aromatic nitrogens is 1. The van der Waals surface area contributed by atoms with Gasteiger partial charge in [-0.1, -0.05) is 6.07 Å². The summed E-state index contributed by atoms with van der Waals surface area (Å²) in [7, 11) is 0. The van der Waals surface area contributed by atoms with Gasteiger partial charge in [-0.3, -0.25) is 10.1 Å². The van der Waals surface area contributed by atoms with Gasteiger partial charge in [0.1, 0.15) is 5.82 Å². The van der Waals surface area contributed by atoms with Crippen LogP contribution in [-0.2, 0) is 0 Å². The fourth-order valence-corrected chi connectivity index (χ4v) is 1.68. The third-order valence-corrected chi connectivity index (χ3v) is 2.81. The highest BCUT2D eigenvalue weighted by molar-refractivity contribution is 5.87. The maximum atomic E-state index is 13.5. The van der Waals surface area contributed by atoms with Crippen LogP contribution in [0, 0.1) is 22.9 Å². The first-order valence-electron chi connectivity index (χ1n) is 5.81. The third-order valence-electron chi connectivity index (χ3n) is 2.81. The van der Waals surface area contributed by atoms with E-state index in [1.54, 1.807) is 0 Å². The number of carboxylic acids is 1. The van der Waals surface area contributed by atoms with Crippen LogP contribution in [0.25, 0.3) is 0 Å². The fourth-order valence-electron chi connectivity index (χ4n) is 1.68. The van der Waals surface area contributed by atoms with Crippen molar-refractivity contribution < 1.29 is 19.2 Å². The smallest absolute Gasteiger partial charge is 0.354 e. The third kappa shape index (κ3) is 2.94. The van der Waals surface area contributed by atoms with Crippen molar-refractivity contribution in [3.63, 3.8) is 0 Å². The molecule has 0 spiro atoms.